The van der Waals surface area contributed by atoms with E-state index in [2.05, 4.69) is 20.9 Å². The molecule has 0 unspecified atom stereocenters. The molecular weight excluding hydrogens is 640 g/mol. The number of thioether (sulfide) groups is 1. The van der Waals surface area contributed by atoms with E-state index in [0.29, 0.717) is 33.6 Å². The molecule has 0 aliphatic heterocycles. The number of anilines is 2. The second kappa shape index (κ2) is 15.9. The predicted octanol–water partition coefficient (Wildman–Crippen LogP) is 8.00. The van der Waals surface area contributed by atoms with Crippen LogP contribution in [-0.4, -0.2) is 35.1 Å². The SMILES string of the molecule is CCOc1ccc(-c2csc(NC(=O)CSc3cccc(NC(=O)/C(=C/c4cccc(Cl)c4)NC(=O)c4ccccc4)c3)n2)cc1. The molecule has 0 saturated carbocycles. The standard InChI is InChI=1S/C35H29ClN4O4S2/c1-2-44-28-16-14-24(15-17-28)31-21-46-35(39-31)40-32(41)22-45-29-13-7-12-27(20-29)37-34(43)30(19-23-8-6-11-26(36)18-23)38-33(42)25-9-4-3-5-10-25/h3-21H,2,22H2,1H3,(H,37,43)(H,38,42)(H,39,40,41)/b30-19-. The Hall–Kier alpha value is -4.90. The first kappa shape index (κ1) is 32.5. The predicted molar refractivity (Wildman–Crippen MR) is 186 cm³/mol. The van der Waals surface area contributed by atoms with Crippen LogP contribution in [0.5, 0.6) is 5.75 Å². The van der Waals surface area contributed by atoms with Crippen LogP contribution >= 0.6 is 34.7 Å². The average molecular weight is 669 g/mol. The monoisotopic (exact) mass is 668 g/mol. The minimum absolute atomic E-state index is 0.0432. The van der Waals surface area contributed by atoms with Gasteiger partial charge >= 0.3 is 0 Å². The lowest BCUT2D eigenvalue weighted by atomic mass is 10.1. The number of amides is 3. The van der Waals surface area contributed by atoms with Crippen LogP contribution in [0.4, 0.5) is 10.8 Å². The van der Waals surface area contributed by atoms with Gasteiger partial charge in [-0.25, -0.2) is 4.98 Å². The second-order valence-electron chi connectivity index (χ2n) is 9.75. The van der Waals surface area contributed by atoms with Gasteiger partial charge in [0.05, 0.1) is 18.1 Å². The zero-order chi connectivity index (χ0) is 32.3. The molecule has 3 N–H and O–H groups in total. The van der Waals surface area contributed by atoms with Gasteiger partial charge in [-0.3, -0.25) is 14.4 Å². The van der Waals surface area contributed by atoms with E-state index in [4.69, 9.17) is 16.3 Å². The van der Waals surface area contributed by atoms with Gasteiger partial charge in [0.25, 0.3) is 11.8 Å². The average Bonchev–Trinajstić information content (AvgIpc) is 3.53. The molecule has 8 nitrogen and oxygen atoms in total. The largest absolute Gasteiger partial charge is 0.494 e. The first-order valence-electron chi connectivity index (χ1n) is 14.2. The quantitative estimate of drug-likeness (QED) is 0.0918. The number of rotatable bonds is 12. The summed E-state index contributed by atoms with van der Waals surface area (Å²) in [5.74, 6) is -0.215. The summed E-state index contributed by atoms with van der Waals surface area (Å²) in [6.07, 6.45) is 1.56. The number of benzene rings is 4. The van der Waals surface area contributed by atoms with Crippen LogP contribution in [0.2, 0.25) is 5.02 Å². The van der Waals surface area contributed by atoms with Gasteiger partial charge in [0.15, 0.2) is 5.13 Å². The van der Waals surface area contributed by atoms with Gasteiger partial charge in [-0.05, 0) is 85.3 Å². The molecule has 11 heteroatoms. The Kier molecular flexibility index (Phi) is 11.2. The maximum atomic E-state index is 13.4. The number of hydrogen-bond acceptors (Lipinski definition) is 7. The van der Waals surface area contributed by atoms with E-state index in [1.54, 1.807) is 78.9 Å². The Morgan fingerprint density at radius 2 is 1.70 bits per heavy atom. The molecule has 1 heterocycles. The number of carbonyl (C=O) groups excluding carboxylic acids is 3. The highest BCUT2D eigenvalue weighted by Gasteiger charge is 2.16. The van der Waals surface area contributed by atoms with E-state index < -0.39 is 11.8 Å². The summed E-state index contributed by atoms with van der Waals surface area (Å²) in [4.78, 5) is 44.3. The molecule has 232 valence electrons. The molecule has 0 bridgehead atoms. The van der Waals surface area contributed by atoms with Gasteiger partial charge in [-0.15, -0.1) is 23.1 Å². The lowest BCUT2D eigenvalue weighted by Gasteiger charge is -2.12. The van der Waals surface area contributed by atoms with Crippen molar-refractivity contribution in [3.63, 3.8) is 0 Å². The molecule has 4 aromatic carbocycles. The molecule has 46 heavy (non-hydrogen) atoms. The van der Waals surface area contributed by atoms with Crippen molar-refractivity contribution in [3.8, 4) is 17.0 Å². The normalized spacial score (nSPS) is 11.0. The van der Waals surface area contributed by atoms with Gasteiger partial charge in [0.1, 0.15) is 11.4 Å². The lowest BCUT2D eigenvalue weighted by Crippen LogP contribution is -2.30. The number of halogens is 1. The minimum atomic E-state index is -0.517. The van der Waals surface area contributed by atoms with E-state index >= 15 is 0 Å². The maximum Gasteiger partial charge on any atom is 0.272 e. The van der Waals surface area contributed by atoms with Crippen LogP contribution in [0.1, 0.15) is 22.8 Å². The third-order valence-electron chi connectivity index (χ3n) is 6.36. The number of hydrogen-bond donors (Lipinski definition) is 3. The Bertz CT molecular complexity index is 1860. The number of aromatic nitrogens is 1. The van der Waals surface area contributed by atoms with Crippen LogP contribution in [-0.2, 0) is 9.59 Å². The maximum absolute atomic E-state index is 13.4. The highest BCUT2D eigenvalue weighted by Crippen LogP contribution is 2.27. The van der Waals surface area contributed by atoms with Gasteiger partial charge in [0, 0.05) is 32.1 Å². The van der Waals surface area contributed by atoms with Crippen LogP contribution in [0, 0.1) is 0 Å². The molecule has 0 atom stereocenters. The van der Waals surface area contributed by atoms with Crippen LogP contribution in [0.25, 0.3) is 17.3 Å². The Morgan fingerprint density at radius 3 is 2.46 bits per heavy atom. The molecule has 3 amide bonds. The summed E-state index contributed by atoms with van der Waals surface area (Å²) in [7, 11) is 0. The zero-order valence-corrected chi connectivity index (χ0v) is 27.0. The molecule has 0 spiro atoms. The molecule has 5 rings (SSSR count). The molecule has 1 aromatic heterocycles. The van der Waals surface area contributed by atoms with Crippen LogP contribution in [0.3, 0.4) is 0 Å². The highest BCUT2D eigenvalue weighted by molar-refractivity contribution is 8.00. The highest BCUT2D eigenvalue weighted by atomic mass is 35.5. The Balaban J connectivity index is 1.20. The molecule has 5 aromatic rings. The van der Waals surface area contributed by atoms with Crippen molar-refractivity contribution in [2.24, 2.45) is 0 Å². The number of ether oxygens (including phenoxy) is 1. The number of carbonyl (C=O) groups is 3. The third kappa shape index (κ3) is 9.31. The third-order valence-corrected chi connectivity index (χ3v) is 8.35. The van der Waals surface area contributed by atoms with Crippen LogP contribution in [0.15, 0.2) is 119 Å². The van der Waals surface area contributed by atoms with E-state index in [0.717, 1.165) is 21.9 Å². The first-order valence-corrected chi connectivity index (χ1v) is 16.5. The van der Waals surface area contributed by atoms with Gasteiger partial charge in [-0.2, -0.15) is 0 Å². The minimum Gasteiger partial charge on any atom is -0.494 e. The Morgan fingerprint density at radius 1 is 0.913 bits per heavy atom. The van der Waals surface area contributed by atoms with Gasteiger partial charge in [0.2, 0.25) is 5.91 Å². The van der Waals surface area contributed by atoms with E-state index in [1.807, 2.05) is 42.6 Å². The number of thiazole rings is 1. The summed E-state index contributed by atoms with van der Waals surface area (Å²) >= 11 is 8.81. The lowest BCUT2D eigenvalue weighted by molar-refractivity contribution is -0.114. The molecule has 0 aliphatic rings. The van der Waals surface area contributed by atoms with Crippen molar-refractivity contribution in [3.05, 3.63) is 130 Å². The van der Waals surface area contributed by atoms with Gasteiger partial charge in [-0.1, -0.05) is 48.0 Å². The van der Waals surface area contributed by atoms with E-state index in [1.165, 1.54) is 23.1 Å². The van der Waals surface area contributed by atoms with Crippen molar-refractivity contribution in [2.75, 3.05) is 23.0 Å². The Labute approximate surface area is 279 Å². The fourth-order valence-corrected chi connectivity index (χ4v) is 5.91. The topological polar surface area (TPSA) is 109 Å². The molecular formula is C35H29ClN4O4S2. The zero-order valence-electron chi connectivity index (χ0n) is 24.7. The van der Waals surface area contributed by atoms with Crippen molar-refractivity contribution in [2.45, 2.75) is 11.8 Å². The molecule has 0 saturated heterocycles. The molecule has 0 aliphatic carbocycles. The van der Waals surface area contributed by atoms with E-state index in [9.17, 15) is 14.4 Å². The molecule has 0 fully saturated rings. The number of nitrogens with one attached hydrogen (secondary N) is 3. The van der Waals surface area contributed by atoms with Crippen molar-refractivity contribution in [1.82, 2.24) is 10.3 Å². The summed E-state index contributed by atoms with van der Waals surface area (Å²) in [5, 5.41) is 11.3. The summed E-state index contributed by atoms with van der Waals surface area (Å²) in [6.45, 7) is 2.53. The van der Waals surface area contributed by atoms with Crippen molar-refractivity contribution < 1.29 is 19.1 Å². The fraction of sp³-hybridized carbons (Fsp3) is 0.0857. The summed E-state index contributed by atoms with van der Waals surface area (Å²) < 4.78 is 5.49. The van der Waals surface area contributed by atoms with Crippen LogP contribution < -0.4 is 20.7 Å². The van der Waals surface area contributed by atoms with E-state index in [-0.39, 0.29) is 17.4 Å². The van der Waals surface area contributed by atoms with Crippen molar-refractivity contribution in [1.29, 1.82) is 0 Å². The smallest absolute Gasteiger partial charge is 0.272 e. The second-order valence-corrected chi connectivity index (χ2v) is 12.1. The summed E-state index contributed by atoms with van der Waals surface area (Å²) in [6, 6.07) is 30.3. The van der Waals surface area contributed by atoms with Gasteiger partial charge < -0.3 is 20.7 Å². The first-order chi connectivity index (χ1) is 22.4. The fourth-order valence-electron chi connectivity index (χ4n) is 4.22. The van der Waals surface area contributed by atoms with Crippen molar-refractivity contribution >= 4 is 69.3 Å². The molecule has 0 radical (unpaired) electrons. The number of nitrogens with zero attached hydrogens (tertiary/aromatic N) is 1. The summed E-state index contributed by atoms with van der Waals surface area (Å²) in [5.41, 5.74) is 3.30.